The highest BCUT2D eigenvalue weighted by Crippen LogP contribution is 2.37. The van der Waals surface area contributed by atoms with Crippen molar-refractivity contribution in [3.8, 4) is 0 Å². The van der Waals surface area contributed by atoms with Crippen molar-refractivity contribution in [1.82, 2.24) is 9.88 Å². The van der Waals surface area contributed by atoms with Gasteiger partial charge in [0.2, 0.25) is 0 Å². The molecule has 26 heavy (non-hydrogen) atoms. The molecule has 0 spiro atoms. The lowest BCUT2D eigenvalue weighted by molar-refractivity contribution is 0.0691. The third-order valence-corrected chi connectivity index (χ3v) is 4.58. The van der Waals surface area contributed by atoms with Gasteiger partial charge in [0.1, 0.15) is 0 Å². The predicted molar refractivity (Wildman–Crippen MR) is 91.3 cm³/mol. The van der Waals surface area contributed by atoms with E-state index in [1.165, 1.54) is 6.07 Å². The molecule has 0 saturated heterocycles. The van der Waals surface area contributed by atoms with E-state index in [-0.39, 0.29) is 23.2 Å². The molecule has 8 nitrogen and oxygen atoms in total. The summed E-state index contributed by atoms with van der Waals surface area (Å²) in [6.07, 6.45) is -1.06. The number of aromatic nitrogens is 1. The van der Waals surface area contributed by atoms with Crippen LogP contribution >= 0.6 is 0 Å². The highest BCUT2D eigenvalue weighted by Gasteiger charge is 2.35. The van der Waals surface area contributed by atoms with Crippen LogP contribution in [-0.4, -0.2) is 50.4 Å². The van der Waals surface area contributed by atoms with Crippen LogP contribution in [0.3, 0.4) is 0 Å². The molecule has 1 aliphatic rings. The first-order valence-corrected chi connectivity index (χ1v) is 7.90. The molecule has 132 valence electrons. The summed E-state index contributed by atoms with van der Waals surface area (Å²) in [4.78, 5) is 36.2. The molecule has 1 unspecified atom stereocenters. The van der Waals surface area contributed by atoms with Crippen molar-refractivity contribution in [1.29, 1.82) is 0 Å². The number of carboxylic acids is 1. The van der Waals surface area contributed by atoms with Crippen LogP contribution < -0.4 is 5.32 Å². The normalized spacial score (nSPS) is 14.7. The number of nitrogens with one attached hydrogen (secondary N) is 1. The van der Waals surface area contributed by atoms with Gasteiger partial charge in [-0.1, -0.05) is 18.2 Å². The van der Waals surface area contributed by atoms with Crippen molar-refractivity contribution in [2.75, 3.05) is 6.61 Å². The average Bonchev–Trinajstić information content (AvgIpc) is 3.09. The van der Waals surface area contributed by atoms with Crippen molar-refractivity contribution >= 4 is 39.6 Å². The number of hydrogen-bond acceptors (Lipinski definition) is 5. The van der Waals surface area contributed by atoms with E-state index in [4.69, 9.17) is 0 Å². The molecule has 4 N–H and O–H groups in total. The molecule has 1 aromatic heterocycles. The second-order valence-electron chi connectivity index (χ2n) is 6.12. The minimum Gasteiger partial charge on any atom is -0.478 e. The molecule has 4 rings (SSSR count). The number of aliphatic hydroxyl groups is 2. The standard InChI is InChI=1S/C18H14N2O6/c21-7-8(22)6-20-11-4-2-1-3-9(11)13-12(20)5-10(18(25)26)14-15(13)17(24)19-16(14)23/h1-5,8,21-22H,6-7H2,(H,25,26)(H,19,23,24). The number of imide groups is 1. The number of rotatable bonds is 4. The van der Waals surface area contributed by atoms with Crippen LogP contribution in [0.1, 0.15) is 31.1 Å². The third kappa shape index (κ3) is 2.13. The Morgan fingerprint density at radius 2 is 1.81 bits per heavy atom. The predicted octanol–water partition coefficient (Wildman–Crippen LogP) is 0.729. The summed E-state index contributed by atoms with van der Waals surface area (Å²) in [6.45, 7) is -0.461. The van der Waals surface area contributed by atoms with E-state index in [1.54, 1.807) is 28.8 Å². The Labute approximate surface area is 146 Å². The van der Waals surface area contributed by atoms with Crippen molar-refractivity contribution in [3.05, 3.63) is 47.0 Å². The first-order valence-electron chi connectivity index (χ1n) is 7.90. The maximum Gasteiger partial charge on any atom is 0.336 e. The number of carbonyl (C=O) groups excluding carboxylic acids is 2. The number of carboxylic acid groups (broad SMARTS) is 1. The van der Waals surface area contributed by atoms with Gasteiger partial charge >= 0.3 is 5.97 Å². The number of benzene rings is 2. The molecule has 0 aliphatic carbocycles. The van der Waals surface area contributed by atoms with Gasteiger partial charge in [-0.15, -0.1) is 0 Å². The van der Waals surface area contributed by atoms with E-state index in [0.717, 1.165) is 0 Å². The average molecular weight is 354 g/mol. The summed E-state index contributed by atoms with van der Waals surface area (Å²) >= 11 is 0. The lowest BCUT2D eigenvalue weighted by Gasteiger charge is -2.12. The lowest BCUT2D eigenvalue weighted by Crippen LogP contribution is -2.20. The molecule has 3 aromatic rings. The van der Waals surface area contributed by atoms with Crippen LogP contribution in [0.2, 0.25) is 0 Å². The number of carbonyl (C=O) groups is 3. The minimum absolute atomic E-state index is 0.00786. The summed E-state index contributed by atoms with van der Waals surface area (Å²) in [7, 11) is 0. The number of aliphatic hydroxyl groups excluding tert-OH is 2. The van der Waals surface area contributed by atoms with Gasteiger partial charge in [-0.3, -0.25) is 14.9 Å². The molecule has 0 radical (unpaired) electrons. The topological polar surface area (TPSA) is 129 Å². The SMILES string of the molecule is O=C(O)c1cc2c(c3c1C(=O)NC3=O)c1ccccc1n2CC(O)CO. The van der Waals surface area contributed by atoms with E-state index in [9.17, 15) is 29.7 Å². The van der Waals surface area contributed by atoms with Crippen molar-refractivity contribution in [2.45, 2.75) is 12.6 Å². The Bertz CT molecular complexity index is 1110. The minimum atomic E-state index is -1.33. The van der Waals surface area contributed by atoms with Gasteiger partial charge in [-0.05, 0) is 12.1 Å². The maximum atomic E-state index is 12.4. The maximum absolute atomic E-state index is 12.4. The molecule has 1 atom stereocenters. The zero-order valence-corrected chi connectivity index (χ0v) is 13.4. The van der Waals surface area contributed by atoms with Crippen LogP contribution in [0, 0.1) is 0 Å². The van der Waals surface area contributed by atoms with Gasteiger partial charge in [0.05, 0.1) is 41.5 Å². The van der Waals surface area contributed by atoms with E-state index < -0.39 is 30.5 Å². The quantitative estimate of drug-likeness (QED) is 0.511. The molecule has 2 heterocycles. The van der Waals surface area contributed by atoms with Gasteiger partial charge in [-0.2, -0.15) is 0 Å². The van der Waals surface area contributed by atoms with Gasteiger partial charge in [0.15, 0.2) is 0 Å². The first kappa shape index (κ1) is 16.2. The van der Waals surface area contributed by atoms with Crippen LogP contribution in [0.4, 0.5) is 0 Å². The van der Waals surface area contributed by atoms with Crippen LogP contribution in [-0.2, 0) is 6.54 Å². The Morgan fingerprint density at radius 3 is 2.50 bits per heavy atom. The largest absolute Gasteiger partial charge is 0.478 e. The molecule has 0 bridgehead atoms. The van der Waals surface area contributed by atoms with E-state index in [0.29, 0.717) is 21.8 Å². The molecule has 8 heteroatoms. The molecular weight excluding hydrogens is 340 g/mol. The Kier molecular flexibility index (Phi) is 3.53. The van der Waals surface area contributed by atoms with Gasteiger partial charge in [-0.25, -0.2) is 4.79 Å². The van der Waals surface area contributed by atoms with Crippen LogP contribution in [0.25, 0.3) is 21.8 Å². The molecule has 2 aromatic carbocycles. The van der Waals surface area contributed by atoms with Crippen LogP contribution in [0.5, 0.6) is 0 Å². The van der Waals surface area contributed by atoms with Crippen molar-refractivity contribution in [2.24, 2.45) is 0 Å². The third-order valence-electron chi connectivity index (χ3n) is 4.58. The van der Waals surface area contributed by atoms with E-state index in [2.05, 4.69) is 5.32 Å². The van der Waals surface area contributed by atoms with Crippen molar-refractivity contribution in [3.63, 3.8) is 0 Å². The summed E-state index contributed by atoms with van der Waals surface area (Å²) < 4.78 is 1.65. The number of fused-ring (bicyclic) bond motifs is 5. The Hall–Kier alpha value is -3.23. The van der Waals surface area contributed by atoms with Crippen molar-refractivity contribution < 1.29 is 29.7 Å². The van der Waals surface area contributed by atoms with Gasteiger partial charge in [0, 0.05) is 16.3 Å². The summed E-state index contributed by atoms with van der Waals surface area (Å²) in [5.41, 5.74) is 0.656. The summed E-state index contributed by atoms with van der Waals surface area (Å²) in [5.74, 6) is -2.72. The molecule has 1 aliphatic heterocycles. The Morgan fingerprint density at radius 1 is 1.12 bits per heavy atom. The summed E-state index contributed by atoms with van der Waals surface area (Å²) in [6, 6.07) is 8.39. The number of para-hydroxylation sites is 1. The first-order chi connectivity index (χ1) is 12.4. The Balaban J connectivity index is 2.20. The molecule has 0 fully saturated rings. The summed E-state index contributed by atoms with van der Waals surface area (Å²) in [5, 5.41) is 31.9. The van der Waals surface area contributed by atoms with Gasteiger partial charge < -0.3 is 19.9 Å². The number of amides is 2. The number of hydrogen-bond donors (Lipinski definition) is 4. The highest BCUT2D eigenvalue weighted by molar-refractivity contribution is 6.32. The number of nitrogens with zero attached hydrogens (tertiary/aromatic N) is 1. The fourth-order valence-corrected chi connectivity index (χ4v) is 3.53. The zero-order valence-electron chi connectivity index (χ0n) is 13.4. The van der Waals surface area contributed by atoms with E-state index >= 15 is 0 Å². The fraction of sp³-hybridized carbons (Fsp3) is 0.167. The smallest absolute Gasteiger partial charge is 0.336 e. The van der Waals surface area contributed by atoms with E-state index in [1.807, 2.05) is 0 Å². The molecule has 0 saturated carbocycles. The van der Waals surface area contributed by atoms with Gasteiger partial charge in [0.25, 0.3) is 11.8 Å². The second kappa shape index (κ2) is 5.65. The highest BCUT2D eigenvalue weighted by atomic mass is 16.4. The zero-order chi connectivity index (χ0) is 18.6. The molecule has 2 amide bonds. The number of aromatic carboxylic acids is 1. The monoisotopic (exact) mass is 354 g/mol. The molecular formula is C18H14N2O6. The fourth-order valence-electron chi connectivity index (χ4n) is 3.53. The lowest BCUT2D eigenvalue weighted by atomic mass is 9.97. The second-order valence-corrected chi connectivity index (χ2v) is 6.12. The van der Waals surface area contributed by atoms with Crippen LogP contribution in [0.15, 0.2) is 30.3 Å².